The molecule has 0 amide bonds. The van der Waals surface area contributed by atoms with Crippen molar-refractivity contribution < 1.29 is 14.3 Å². The van der Waals surface area contributed by atoms with E-state index in [4.69, 9.17) is 14.7 Å². The van der Waals surface area contributed by atoms with Crippen molar-refractivity contribution in [3.63, 3.8) is 0 Å². The van der Waals surface area contributed by atoms with E-state index in [1.54, 1.807) is 24.3 Å². The van der Waals surface area contributed by atoms with Crippen LogP contribution in [0.25, 0.3) is 0 Å². The van der Waals surface area contributed by atoms with Gasteiger partial charge in [0.1, 0.15) is 11.5 Å². The largest absolute Gasteiger partial charge is 0.497 e. The number of aryl methyl sites for hydroxylation is 1. The molecule has 0 fully saturated rings. The fourth-order valence-corrected chi connectivity index (χ4v) is 1.95. The number of hydrogen-bond acceptors (Lipinski definition) is 4. The molecule has 0 heterocycles. The van der Waals surface area contributed by atoms with Gasteiger partial charge in [-0.2, -0.15) is 5.26 Å². The number of ether oxygens (including phenoxy) is 2. The lowest BCUT2D eigenvalue weighted by Gasteiger charge is -2.09. The van der Waals surface area contributed by atoms with Crippen LogP contribution < -0.4 is 9.47 Å². The highest BCUT2D eigenvalue weighted by atomic mass is 16.5. The third-order valence-corrected chi connectivity index (χ3v) is 3.06. The summed E-state index contributed by atoms with van der Waals surface area (Å²) in [6.45, 7) is 1.80. The van der Waals surface area contributed by atoms with Gasteiger partial charge in [0.2, 0.25) is 0 Å². The zero-order chi connectivity index (χ0) is 15.2. The highest BCUT2D eigenvalue weighted by Crippen LogP contribution is 2.22. The van der Waals surface area contributed by atoms with Crippen LogP contribution in [0.1, 0.15) is 21.5 Å². The van der Waals surface area contributed by atoms with Gasteiger partial charge in [0.15, 0.2) is 12.4 Å². The standard InChI is InChI=1S/C17H15NO3/c1-12-5-3-4-6-16(12)17(19)11-21-15-8-13(10-18)7-14(9-15)20-2/h3-9H,11H2,1-2H3. The summed E-state index contributed by atoms with van der Waals surface area (Å²) in [6, 6.07) is 14.2. The van der Waals surface area contributed by atoms with E-state index in [0.717, 1.165) is 5.56 Å². The third-order valence-electron chi connectivity index (χ3n) is 3.06. The topological polar surface area (TPSA) is 59.3 Å². The number of Topliss-reactive ketones (excluding diaryl/α,β-unsaturated/α-hetero) is 1. The Hall–Kier alpha value is -2.80. The second-order valence-corrected chi connectivity index (χ2v) is 4.54. The van der Waals surface area contributed by atoms with Crippen LogP contribution in [0.5, 0.6) is 11.5 Å². The predicted molar refractivity (Wildman–Crippen MR) is 78.7 cm³/mol. The van der Waals surface area contributed by atoms with Gasteiger partial charge in [0, 0.05) is 11.6 Å². The average molecular weight is 281 g/mol. The predicted octanol–water partition coefficient (Wildman–Crippen LogP) is 3.14. The average Bonchev–Trinajstić information content (AvgIpc) is 2.52. The number of nitriles is 1. The molecule has 0 aromatic heterocycles. The number of rotatable bonds is 5. The normalized spacial score (nSPS) is 9.76. The zero-order valence-electron chi connectivity index (χ0n) is 11.9. The first kappa shape index (κ1) is 14.6. The van der Waals surface area contributed by atoms with Crippen molar-refractivity contribution in [1.29, 1.82) is 5.26 Å². The summed E-state index contributed by atoms with van der Waals surface area (Å²) in [7, 11) is 1.51. The summed E-state index contributed by atoms with van der Waals surface area (Å²) in [5.41, 5.74) is 1.98. The molecule has 21 heavy (non-hydrogen) atoms. The molecule has 0 unspecified atom stereocenters. The number of methoxy groups -OCH3 is 1. The van der Waals surface area contributed by atoms with Crippen LogP contribution in [0.4, 0.5) is 0 Å². The molecule has 0 N–H and O–H groups in total. The lowest BCUT2D eigenvalue weighted by Crippen LogP contribution is -2.12. The summed E-state index contributed by atoms with van der Waals surface area (Å²) in [5.74, 6) is 0.856. The van der Waals surface area contributed by atoms with Gasteiger partial charge in [-0.25, -0.2) is 0 Å². The molecule has 0 saturated carbocycles. The molecule has 2 aromatic rings. The van der Waals surface area contributed by atoms with Crippen molar-refractivity contribution in [2.75, 3.05) is 13.7 Å². The molecule has 0 radical (unpaired) electrons. The van der Waals surface area contributed by atoms with Crippen molar-refractivity contribution in [3.05, 3.63) is 59.2 Å². The van der Waals surface area contributed by atoms with Crippen LogP contribution in [-0.2, 0) is 0 Å². The van der Waals surface area contributed by atoms with Gasteiger partial charge in [0.25, 0.3) is 0 Å². The molecule has 0 bridgehead atoms. The lowest BCUT2D eigenvalue weighted by molar-refractivity contribution is 0.0920. The molecule has 0 spiro atoms. The first-order chi connectivity index (χ1) is 10.1. The van der Waals surface area contributed by atoms with E-state index in [1.807, 2.05) is 31.2 Å². The SMILES string of the molecule is COc1cc(C#N)cc(OCC(=O)c2ccccc2C)c1. The first-order valence-corrected chi connectivity index (χ1v) is 6.45. The van der Waals surface area contributed by atoms with E-state index in [1.165, 1.54) is 7.11 Å². The Bertz CT molecular complexity index is 701. The van der Waals surface area contributed by atoms with E-state index < -0.39 is 0 Å². The monoisotopic (exact) mass is 281 g/mol. The maximum absolute atomic E-state index is 12.1. The van der Waals surface area contributed by atoms with Crippen LogP contribution in [0.3, 0.4) is 0 Å². The van der Waals surface area contributed by atoms with Gasteiger partial charge in [-0.3, -0.25) is 4.79 Å². The zero-order valence-corrected chi connectivity index (χ0v) is 11.9. The fraction of sp³-hybridized carbons (Fsp3) is 0.176. The summed E-state index contributed by atoms with van der Waals surface area (Å²) >= 11 is 0. The molecule has 0 aliphatic carbocycles. The molecule has 106 valence electrons. The maximum atomic E-state index is 12.1. The highest BCUT2D eigenvalue weighted by molar-refractivity contribution is 5.98. The van der Waals surface area contributed by atoms with Crippen LogP contribution in [0.2, 0.25) is 0 Å². The molecule has 0 saturated heterocycles. The van der Waals surface area contributed by atoms with Gasteiger partial charge in [-0.05, 0) is 24.6 Å². The molecular formula is C17H15NO3. The van der Waals surface area contributed by atoms with E-state index >= 15 is 0 Å². The number of carbonyl (C=O) groups is 1. The number of nitrogens with zero attached hydrogens (tertiary/aromatic N) is 1. The Morgan fingerprint density at radius 1 is 1.19 bits per heavy atom. The van der Waals surface area contributed by atoms with Gasteiger partial charge in [-0.1, -0.05) is 24.3 Å². The Morgan fingerprint density at radius 3 is 2.57 bits per heavy atom. The van der Waals surface area contributed by atoms with Crippen molar-refractivity contribution in [3.8, 4) is 17.6 Å². The second-order valence-electron chi connectivity index (χ2n) is 4.54. The minimum Gasteiger partial charge on any atom is -0.497 e. The fourth-order valence-electron chi connectivity index (χ4n) is 1.95. The highest BCUT2D eigenvalue weighted by Gasteiger charge is 2.10. The van der Waals surface area contributed by atoms with Crippen molar-refractivity contribution in [2.45, 2.75) is 6.92 Å². The minimum atomic E-state index is -0.102. The van der Waals surface area contributed by atoms with Crippen LogP contribution in [0.15, 0.2) is 42.5 Å². The van der Waals surface area contributed by atoms with Crippen LogP contribution in [0, 0.1) is 18.3 Å². The first-order valence-electron chi connectivity index (χ1n) is 6.45. The lowest BCUT2D eigenvalue weighted by atomic mass is 10.1. The van der Waals surface area contributed by atoms with Crippen molar-refractivity contribution in [2.24, 2.45) is 0 Å². The van der Waals surface area contributed by atoms with Crippen molar-refractivity contribution in [1.82, 2.24) is 0 Å². The van der Waals surface area contributed by atoms with E-state index in [0.29, 0.717) is 22.6 Å². The molecular weight excluding hydrogens is 266 g/mol. The smallest absolute Gasteiger partial charge is 0.200 e. The number of carbonyl (C=O) groups excluding carboxylic acids is 1. The summed E-state index contributed by atoms with van der Waals surface area (Å²) in [6.07, 6.45) is 0. The van der Waals surface area contributed by atoms with Gasteiger partial charge in [0.05, 0.1) is 18.7 Å². The van der Waals surface area contributed by atoms with E-state index in [-0.39, 0.29) is 12.4 Å². The summed E-state index contributed by atoms with van der Waals surface area (Å²) in [4.78, 5) is 12.1. The van der Waals surface area contributed by atoms with Gasteiger partial charge >= 0.3 is 0 Å². The van der Waals surface area contributed by atoms with Crippen LogP contribution in [-0.4, -0.2) is 19.5 Å². The molecule has 2 aromatic carbocycles. The van der Waals surface area contributed by atoms with Crippen molar-refractivity contribution >= 4 is 5.78 Å². The molecule has 0 aliphatic heterocycles. The molecule has 0 atom stereocenters. The van der Waals surface area contributed by atoms with E-state index in [9.17, 15) is 4.79 Å². The Kier molecular flexibility index (Phi) is 4.57. The minimum absolute atomic E-state index is 0.0805. The third kappa shape index (κ3) is 3.61. The van der Waals surface area contributed by atoms with Gasteiger partial charge in [-0.15, -0.1) is 0 Å². The maximum Gasteiger partial charge on any atom is 0.200 e. The molecule has 4 heteroatoms. The Balaban J connectivity index is 2.12. The Labute approximate surface area is 123 Å². The second kappa shape index (κ2) is 6.58. The number of benzene rings is 2. The van der Waals surface area contributed by atoms with Crippen LogP contribution >= 0.6 is 0 Å². The molecule has 4 nitrogen and oxygen atoms in total. The molecule has 2 rings (SSSR count). The summed E-state index contributed by atoms with van der Waals surface area (Å²) in [5, 5.41) is 8.95. The molecule has 0 aliphatic rings. The quantitative estimate of drug-likeness (QED) is 0.790. The van der Waals surface area contributed by atoms with Gasteiger partial charge < -0.3 is 9.47 Å². The summed E-state index contributed by atoms with van der Waals surface area (Å²) < 4.78 is 10.6. The Morgan fingerprint density at radius 2 is 1.90 bits per heavy atom. The van der Waals surface area contributed by atoms with E-state index in [2.05, 4.69) is 0 Å². The number of hydrogen-bond donors (Lipinski definition) is 0. The number of ketones is 1.